The van der Waals surface area contributed by atoms with Crippen LogP contribution in [0.3, 0.4) is 0 Å². The van der Waals surface area contributed by atoms with Crippen LogP contribution >= 0.6 is 11.3 Å². The fourth-order valence-electron chi connectivity index (χ4n) is 1.72. The fraction of sp³-hybridized carbons (Fsp3) is 0.467. The average molecular weight is 292 g/mol. The van der Waals surface area contributed by atoms with E-state index in [-0.39, 0.29) is 17.4 Å². The summed E-state index contributed by atoms with van der Waals surface area (Å²) < 4.78 is 5.31. The van der Waals surface area contributed by atoms with Gasteiger partial charge >= 0.3 is 0 Å². The van der Waals surface area contributed by atoms with Gasteiger partial charge in [-0.3, -0.25) is 4.79 Å². The van der Waals surface area contributed by atoms with Crippen LogP contribution in [0.15, 0.2) is 21.9 Å². The van der Waals surface area contributed by atoms with Crippen molar-refractivity contribution in [3.63, 3.8) is 0 Å². The second-order valence-corrected chi connectivity index (χ2v) is 6.82. The number of carbonyl (C=O) groups is 1. The molecule has 2 aromatic rings. The van der Waals surface area contributed by atoms with Crippen molar-refractivity contribution in [2.45, 2.75) is 46.1 Å². The van der Waals surface area contributed by atoms with Crippen molar-refractivity contribution in [2.24, 2.45) is 0 Å². The van der Waals surface area contributed by atoms with Gasteiger partial charge in [0.05, 0.1) is 11.7 Å². The molecule has 2 aromatic heterocycles. The lowest BCUT2D eigenvalue weighted by atomic mass is 9.93. The first-order valence-electron chi connectivity index (χ1n) is 6.60. The largest absolute Gasteiger partial charge is 0.456 e. The van der Waals surface area contributed by atoms with E-state index in [2.05, 4.69) is 36.5 Å². The zero-order valence-electron chi connectivity index (χ0n) is 12.5. The Morgan fingerprint density at radius 3 is 2.60 bits per heavy atom. The van der Waals surface area contributed by atoms with Crippen LogP contribution in [0.5, 0.6) is 0 Å². The SMILES string of the molecule is Cc1ccc(C(=O)NC(C)c2nc(C(C)(C)C)cs2)o1. The van der Waals surface area contributed by atoms with E-state index in [0.29, 0.717) is 5.76 Å². The van der Waals surface area contributed by atoms with Crippen LogP contribution < -0.4 is 5.32 Å². The first kappa shape index (κ1) is 14.8. The van der Waals surface area contributed by atoms with Crippen molar-refractivity contribution in [3.05, 3.63) is 39.7 Å². The van der Waals surface area contributed by atoms with E-state index in [1.165, 1.54) is 0 Å². The highest BCUT2D eigenvalue weighted by Gasteiger charge is 2.21. The van der Waals surface area contributed by atoms with Gasteiger partial charge in [0.2, 0.25) is 0 Å². The number of amides is 1. The van der Waals surface area contributed by atoms with Crippen molar-refractivity contribution >= 4 is 17.2 Å². The molecule has 0 aliphatic heterocycles. The van der Waals surface area contributed by atoms with Crippen molar-refractivity contribution in [1.29, 1.82) is 0 Å². The Hall–Kier alpha value is -1.62. The van der Waals surface area contributed by atoms with Gasteiger partial charge in [-0.25, -0.2) is 4.98 Å². The number of hydrogen-bond acceptors (Lipinski definition) is 4. The Labute approximate surface area is 123 Å². The summed E-state index contributed by atoms with van der Waals surface area (Å²) in [5.41, 5.74) is 1.07. The molecule has 0 radical (unpaired) electrons. The summed E-state index contributed by atoms with van der Waals surface area (Å²) in [6, 6.07) is 3.33. The molecule has 0 spiro atoms. The van der Waals surface area contributed by atoms with Gasteiger partial charge in [0.1, 0.15) is 10.8 Å². The zero-order chi connectivity index (χ0) is 14.9. The van der Waals surface area contributed by atoms with Crippen molar-refractivity contribution in [1.82, 2.24) is 10.3 Å². The molecular formula is C15H20N2O2S. The van der Waals surface area contributed by atoms with Gasteiger partial charge in [0.25, 0.3) is 5.91 Å². The normalized spacial score (nSPS) is 13.2. The molecule has 0 bridgehead atoms. The third-order valence-electron chi connectivity index (χ3n) is 2.97. The molecule has 4 nitrogen and oxygen atoms in total. The predicted octanol–water partition coefficient (Wildman–Crippen LogP) is 3.83. The molecule has 0 aliphatic rings. The summed E-state index contributed by atoms with van der Waals surface area (Å²) >= 11 is 1.57. The summed E-state index contributed by atoms with van der Waals surface area (Å²) in [6.07, 6.45) is 0. The Kier molecular flexibility index (Phi) is 3.99. The molecule has 1 unspecified atom stereocenters. The Balaban J connectivity index is 2.07. The monoisotopic (exact) mass is 292 g/mol. The second-order valence-electron chi connectivity index (χ2n) is 5.93. The van der Waals surface area contributed by atoms with E-state index < -0.39 is 0 Å². The molecule has 1 atom stereocenters. The van der Waals surface area contributed by atoms with Gasteiger partial charge in [0.15, 0.2) is 5.76 Å². The van der Waals surface area contributed by atoms with Gasteiger partial charge in [-0.05, 0) is 26.0 Å². The Bertz CT molecular complexity index is 607. The highest BCUT2D eigenvalue weighted by atomic mass is 32.1. The Morgan fingerprint density at radius 1 is 1.40 bits per heavy atom. The fourth-order valence-corrected chi connectivity index (χ4v) is 2.77. The highest BCUT2D eigenvalue weighted by molar-refractivity contribution is 7.09. The molecule has 108 valence electrons. The van der Waals surface area contributed by atoms with Crippen LogP contribution in [0.2, 0.25) is 0 Å². The van der Waals surface area contributed by atoms with Crippen molar-refractivity contribution in [3.8, 4) is 0 Å². The minimum Gasteiger partial charge on any atom is -0.456 e. The topological polar surface area (TPSA) is 55.1 Å². The van der Waals surface area contributed by atoms with Crippen molar-refractivity contribution in [2.75, 3.05) is 0 Å². The third kappa shape index (κ3) is 3.28. The molecule has 0 aromatic carbocycles. The maximum Gasteiger partial charge on any atom is 0.287 e. The smallest absolute Gasteiger partial charge is 0.287 e. The first-order valence-corrected chi connectivity index (χ1v) is 7.48. The molecule has 5 heteroatoms. The maximum atomic E-state index is 12.0. The summed E-state index contributed by atoms with van der Waals surface area (Å²) in [5.74, 6) is 0.854. The van der Waals surface area contributed by atoms with Gasteiger partial charge < -0.3 is 9.73 Å². The predicted molar refractivity (Wildman–Crippen MR) is 80.1 cm³/mol. The minimum absolute atomic E-state index is 0.0244. The first-order chi connectivity index (χ1) is 9.27. The quantitative estimate of drug-likeness (QED) is 0.935. The van der Waals surface area contributed by atoms with Crippen molar-refractivity contribution < 1.29 is 9.21 Å². The van der Waals surface area contributed by atoms with Gasteiger partial charge in [-0.2, -0.15) is 0 Å². The summed E-state index contributed by atoms with van der Waals surface area (Å²) in [5, 5.41) is 5.87. The van der Waals surface area contributed by atoms with E-state index in [0.717, 1.165) is 16.5 Å². The molecule has 0 aliphatic carbocycles. The standard InChI is InChI=1S/C15H20N2O2S/c1-9-6-7-11(19-9)13(18)16-10(2)14-17-12(8-20-14)15(3,4)5/h6-8,10H,1-5H3,(H,16,18). The molecule has 0 saturated carbocycles. The summed E-state index contributed by atoms with van der Waals surface area (Å²) in [4.78, 5) is 16.6. The van der Waals surface area contributed by atoms with Gasteiger partial charge in [0, 0.05) is 10.8 Å². The number of aryl methyl sites for hydroxylation is 1. The number of nitrogens with one attached hydrogen (secondary N) is 1. The number of rotatable bonds is 3. The van der Waals surface area contributed by atoms with E-state index in [4.69, 9.17) is 4.42 Å². The summed E-state index contributed by atoms with van der Waals surface area (Å²) in [7, 11) is 0. The lowest BCUT2D eigenvalue weighted by Crippen LogP contribution is -2.26. The van der Waals surface area contributed by atoms with Crippen LogP contribution in [-0.2, 0) is 5.41 Å². The molecule has 2 heterocycles. The number of hydrogen-bond donors (Lipinski definition) is 1. The number of nitrogens with zero attached hydrogens (tertiary/aromatic N) is 1. The van der Waals surface area contributed by atoms with E-state index in [9.17, 15) is 4.79 Å². The second kappa shape index (κ2) is 5.40. The van der Waals surface area contributed by atoms with E-state index >= 15 is 0 Å². The molecule has 0 fully saturated rings. The lowest BCUT2D eigenvalue weighted by molar-refractivity contribution is 0.0910. The zero-order valence-corrected chi connectivity index (χ0v) is 13.3. The number of furan rings is 1. The number of aromatic nitrogens is 1. The van der Waals surface area contributed by atoms with Gasteiger partial charge in [-0.1, -0.05) is 20.8 Å². The van der Waals surface area contributed by atoms with Crippen LogP contribution in [0.1, 0.15) is 60.8 Å². The molecule has 1 N–H and O–H groups in total. The average Bonchev–Trinajstić information content (AvgIpc) is 2.95. The molecule has 1 amide bonds. The van der Waals surface area contributed by atoms with Crippen LogP contribution in [0.25, 0.3) is 0 Å². The molecule has 2 rings (SSSR count). The van der Waals surface area contributed by atoms with Gasteiger partial charge in [-0.15, -0.1) is 11.3 Å². The third-order valence-corrected chi connectivity index (χ3v) is 4.00. The number of carbonyl (C=O) groups excluding carboxylic acids is 1. The highest BCUT2D eigenvalue weighted by Crippen LogP contribution is 2.26. The minimum atomic E-state index is -0.210. The summed E-state index contributed by atoms with van der Waals surface area (Å²) in [6.45, 7) is 10.1. The van der Waals surface area contributed by atoms with E-state index in [1.807, 2.05) is 13.8 Å². The maximum absolute atomic E-state index is 12.0. The molecule has 0 saturated heterocycles. The van der Waals surface area contributed by atoms with Crippen LogP contribution in [0.4, 0.5) is 0 Å². The molecular weight excluding hydrogens is 272 g/mol. The molecule has 20 heavy (non-hydrogen) atoms. The Morgan fingerprint density at radius 2 is 2.10 bits per heavy atom. The van der Waals surface area contributed by atoms with E-state index in [1.54, 1.807) is 23.5 Å². The van der Waals surface area contributed by atoms with Crippen LogP contribution in [0, 0.1) is 6.92 Å². The van der Waals surface area contributed by atoms with Crippen LogP contribution in [-0.4, -0.2) is 10.9 Å². The number of thiazole rings is 1. The lowest BCUT2D eigenvalue weighted by Gasteiger charge is -2.15.